The molecule has 11 heteroatoms. The molecule has 190 valence electrons. The van der Waals surface area contributed by atoms with Gasteiger partial charge in [-0.15, -0.1) is 0 Å². The number of aromatic nitrogens is 1. The molecule has 0 bridgehead atoms. The van der Waals surface area contributed by atoms with Gasteiger partial charge in [0.25, 0.3) is 11.6 Å². The van der Waals surface area contributed by atoms with Crippen molar-refractivity contribution >= 4 is 46.0 Å². The van der Waals surface area contributed by atoms with Gasteiger partial charge in [0.05, 0.1) is 21.9 Å². The maximum Gasteiger partial charge on any atom is 0.326 e. The van der Waals surface area contributed by atoms with Crippen LogP contribution in [0.3, 0.4) is 0 Å². The van der Waals surface area contributed by atoms with Crippen molar-refractivity contribution in [1.29, 1.82) is 0 Å². The van der Waals surface area contributed by atoms with Crippen LogP contribution in [0.5, 0.6) is 5.88 Å². The average molecular weight is 511 g/mol. The number of hydrogen-bond acceptors (Lipinski definition) is 7. The van der Waals surface area contributed by atoms with Crippen LogP contribution in [-0.4, -0.2) is 39.2 Å². The molecular formula is C27H22N6O5. The highest BCUT2D eigenvalue weighted by molar-refractivity contribution is 6.22. The van der Waals surface area contributed by atoms with E-state index in [1.54, 1.807) is 30.3 Å². The van der Waals surface area contributed by atoms with Gasteiger partial charge in [0.1, 0.15) is 5.70 Å². The Morgan fingerprint density at radius 1 is 1.03 bits per heavy atom. The van der Waals surface area contributed by atoms with Crippen LogP contribution < -0.4 is 16.4 Å². The van der Waals surface area contributed by atoms with Gasteiger partial charge in [-0.25, -0.2) is 9.79 Å². The molecule has 3 aromatic carbocycles. The molecule has 6 N–H and O–H groups in total. The molecule has 1 aliphatic rings. The summed E-state index contributed by atoms with van der Waals surface area (Å²) in [4.78, 5) is 41.8. The van der Waals surface area contributed by atoms with Crippen molar-refractivity contribution in [2.75, 3.05) is 6.54 Å². The number of urea groups is 1. The first kappa shape index (κ1) is 24.4. The lowest BCUT2D eigenvalue weighted by molar-refractivity contribution is -0.384. The molecule has 1 fully saturated rings. The Kier molecular flexibility index (Phi) is 6.42. The fourth-order valence-electron chi connectivity index (χ4n) is 4.20. The normalized spacial score (nSPS) is 14.7. The number of nitrogens with two attached hydrogens (primary N) is 1. The van der Waals surface area contributed by atoms with Crippen LogP contribution in [0.1, 0.15) is 22.3 Å². The van der Waals surface area contributed by atoms with Crippen LogP contribution in [0, 0.1) is 10.1 Å². The molecule has 11 nitrogen and oxygen atoms in total. The highest BCUT2D eigenvalue weighted by Crippen LogP contribution is 2.33. The number of amides is 3. The maximum atomic E-state index is 11.8. The third-order valence-corrected chi connectivity index (χ3v) is 6.04. The SMILES string of the molecule is NCCc1ccc(C(=Nc2ccc(/C=C3\NC(=O)NC3=O)cc2)c2c(O)[nH]c3ccc([N+](=O)[O-])cc23)cc1. The van der Waals surface area contributed by atoms with Gasteiger partial charge in [-0.1, -0.05) is 36.4 Å². The number of hydrogen-bond donors (Lipinski definition) is 5. The summed E-state index contributed by atoms with van der Waals surface area (Å²) in [6.07, 6.45) is 2.24. The van der Waals surface area contributed by atoms with Gasteiger partial charge >= 0.3 is 6.03 Å². The molecule has 0 unspecified atom stereocenters. The molecule has 5 rings (SSSR count). The van der Waals surface area contributed by atoms with Crippen LogP contribution in [0.2, 0.25) is 0 Å². The lowest BCUT2D eigenvalue weighted by Crippen LogP contribution is -2.22. The zero-order valence-corrected chi connectivity index (χ0v) is 19.9. The van der Waals surface area contributed by atoms with Crippen LogP contribution in [0.15, 0.2) is 77.4 Å². The second-order valence-electron chi connectivity index (χ2n) is 8.59. The van der Waals surface area contributed by atoms with Gasteiger partial charge in [0.15, 0.2) is 5.88 Å². The summed E-state index contributed by atoms with van der Waals surface area (Å²) in [5.74, 6) is -0.684. The van der Waals surface area contributed by atoms with Crippen LogP contribution in [0.4, 0.5) is 16.2 Å². The zero-order chi connectivity index (χ0) is 26.8. The van der Waals surface area contributed by atoms with Gasteiger partial charge in [-0.2, -0.15) is 0 Å². The summed E-state index contributed by atoms with van der Waals surface area (Å²) >= 11 is 0. The number of rotatable bonds is 7. The average Bonchev–Trinajstić information content (AvgIpc) is 3.40. The number of benzene rings is 3. The van der Waals surface area contributed by atoms with E-state index in [-0.39, 0.29) is 17.3 Å². The number of aromatic amines is 1. The van der Waals surface area contributed by atoms with Crippen LogP contribution >= 0.6 is 0 Å². The molecule has 0 aliphatic carbocycles. The quantitative estimate of drug-likeness (QED) is 0.0833. The lowest BCUT2D eigenvalue weighted by Gasteiger charge is -2.09. The second-order valence-corrected chi connectivity index (χ2v) is 8.59. The number of nitrogens with one attached hydrogen (secondary N) is 3. The standard InChI is InChI=1S/C27H22N6O5/c28-12-11-15-1-5-17(6-2-15)24(23-20-14-19(33(37)38)9-10-21(20)30-26(23)35)29-18-7-3-16(4-8-18)13-22-25(34)32-27(36)31-22/h1-10,13-14,30,35H,11-12,28H2,(H2,31,32,34,36)/b22-13-,29-24?. The highest BCUT2D eigenvalue weighted by Gasteiger charge is 2.23. The van der Waals surface area contributed by atoms with Crippen molar-refractivity contribution in [3.05, 3.63) is 105 Å². The zero-order valence-electron chi connectivity index (χ0n) is 19.9. The molecule has 1 aromatic heterocycles. The summed E-state index contributed by atoms with van der Waals surface area (Å²) in [5.41, 5.74) is 9.86. The van der Waals surface area contributed by atoms with Crippen molar-refractivity contribution < 1.29 is 19.6 Å². The first-order valence-electron chi connectivity index (χ1n) is 11.6. The van der Waals surface area contributed by atoms with Crippen molar-refractivity contribution in [2.24, 2.45) is 10.7 Å². The number of nitro benzene ring substituents is 1. The predicted octanol–water partition coefficient (Wildman–Crippen LogP) is 3.63. The van der Waals surface area contributed by atoms with Gasteiger partial charge in [-0.3, -0.25) is 20.2 Å². The summed E-state index contributed by atoms with van der Waals surface area (Å²) < 4.78 is 0. The Morgan fingerprint density at radius 3 is 2.39 bits per heavy atom. The number of carbonyl (C=O) groups is 2. The number of fused-ring (bicyclic) bond motifs is 1. The molecule has 1 saturated heterocycles. The van der Waals surface area contributed by atoms with E-state index >= 15 is 0 Å². The topological polar surface area (TPSA) is 176 Å². The molecule has 0 spiro atoms. The Bertz CT molecular complexity index is 1640. The van der Waals surface area contributed by atoms with Crippen molar-refractivity contribution in [3.63, 3.8) is 0 Å². The molecule has 0 radical (unpaired) electrons. The van der Waals surface area contributed by atoms with Gasteiger partial charge in [0.2, 0.25) is 0 Å². The molecular weight excluding hydrogens is 488 g/mol. The van der Waals surface area contributed by atoms with Gasteiger partial charge < -0.3 is 21.1 Å². The van der Waals surface area contributed by atoms with E-state index in [0.717, 1.165) is 5.56 Å². The van der Waals surface area contributed by atoms with Gasteiger partial charge in [0, 0.05) is 28.6 Å². The number of H-pyrrole nitrogens is 1. The summed E-state index contributed by atoms with van der Waals surface area (Å²) in [5, 5.41) is 27.3. The highest BCUT2D eigenvalue weighted by atomic mass is 16.6. The van der Waals surface area contributed by atoms with E-state index < -0.39 is 16.9 Å². The largest absolute Gasteiger partial charge is 0.494 e. The summed E-state index contributed by atoms with van der Waals surface area (Å²) in [6, 6.07) is 18.2. The van der Waals surface area contributed by atoms with E-state index in [4.69, 9.17) is 10.7 Å². The van der Waals surface area contributed by atoms with Crippen molar-refractivity contribution in [3.8, 4) is 5.88 Å². The van der Waals surface area contributed by atoms with E-state index in [2.05, 4.69) is 15.6 Å². The minimum absolute atomic E-state index is 0.115. The summed E-state index contributed by atoms with van der Waals surface area (Å²) in [7, 11) is 0. The van der Waals surface area contributed by atoms with E-state index in [1.165, 1.54) is 18.2 Å². The van der Waals surface area contributed by atoms with E-state index in [1.807, 2.05) is 24.3 Å². The fourth-order valence-corrected chi connectivity index (χ4v) is 4.20. The maximum absolute atomic E-state index is 11.8. The molecule has 0 saturated carbocycles. The number of carbonyl (C=O) groups excluding carboxylic acids is 2. The number of aliphatic imine (C=N–C) groups is 1. The fraction of sp³-hybridized carbons (Fsp3) is 0.0741. The molecule has 4 aromatic rings. The first-order chi connectivity index (χ1) is 18.3. The number of non-ortho nitro benzene ring substituents is 1. The minimum atomic E-state index is -0.580. The molecule has 3 amide bonds. The minimum Gasteiger partial charge on any atom is -0.494 e. The number of imide groups is 1. The van der Waals surface area contributed by atoms with Gasteiger partial charge in [-0.05, 0) is 48.4 Å². The summed E-state index contributed by atoms with van der Waals surface area (Å²) in [6.45, 7) is 0.501. The van der Waals surface area contributed by atoms with Crippen molar-refractivity contribution in [2.45, 2.75) is 6.42 Å². The van der Waals surface area contributed by atoms with E-state index in [0.29, 0.717) is 52.0 Å². The van der Waals surface area contributed by atoms with Crippen LogP contribution in [0.25, 0.3) is 17.0 Å². The van der Waals surface area contributed by atoms with E-state index in [9.17, 15) is 24.8 Å². The first-order valence-corrected chi connectivity index (χ1v) is 11.6. The Morgan fingerprint density at radius 2 is 1.76 bits per heavy atom. The smallest absolute Gasteiger partial charge is 0.326 e. The third-order valence-electron chi connectivity index (χ3n) is 6.04. The number of nitro groups is 1. The Labute approximate surface area is 215 Å². The molecule has 0 atom stereocenters. The second kappa shape index (κ2) is 9.99. The monoisotopic (exact) mass is 510 g/mol. The third kappa shape index (κ3) is 4.86. The molecule has 2 heterocycles. The molecule has 38 heavy (non-hydrogen) atoms. The van der Waals surface area contributed by atoms with Crippen LogP contribution in [-0.2, 0) is 11.2 Å². The van der Waals surface area contributed by atoms with Crippen molar-refractivity contribution in [1.82, 2.24) is 15.6 Å². The lowest BCUT2D eigenvalue weighted by atomic mass is 9.98. The number of aromatic hydroxyl groups is 1. The number of nitrogens with zero attached hydrogens (tertiary/aromatic N) is 2. The molecule has 1 aliphatic heterocycles. The predicted molar refractivity (Wildman–Crippen MR) is 142 cm³/mol. The Hall–Kier alpha value is -5.29. The Balaban J connectivity index is 1.61.